The Bertz CT molecular complexity index is 561. The van der Waals surface area contributed by atoms with E-state index in [4.69, 9.17) is 5.11 Å². The maximum Gasteiger partial charge on any atom is 0.418 e. The molecular formula is C12H15F3N4O. The number of aryl methyl sites for hydroxylation is 1. The standard InChI is InChI=1S/C12H15F3N4O/c1-2-4-19-10(16-8-17-19)7-18-5-3-9(6-18)11(20)12(13,14)15/h3,5-6,8,11,20H,2,4,7H2,1H3. The highest BCUT2D eigenvalue weighted by atomic mass is 19.4. The van der Waals surface area contributed by atoms with Crippen molar-refractivity contribution in [1.82, 2.24) is 19.3 Å². The van der Waals surface area contributed by atoms with Gasteiger partial charge >= 0.3 is 6.18 Å². The first-order valence-electron chi connectivity index (χ1n) is 6.19. The molecule has 110 valence electrons. The molecule has 0 radical (unpaired) electrons. The van der Waals surface area contributed by atoms with Gasteiger partial charge in [0.1, 0.15) is 12.2 Å². The van der Waals surface area contributed by atoms with E-state index in [-0.39, 0.29) is 5.56 Å². The van der Waals surface area contributed by atoms with E-state index in [1.165, 1.54) is 24.8 Å². The third kappa shape index (κ3) is 3.19. The van der Waals surface area contributed by atoms with Gasteiger partial charge in [0.25, 0.3) is 0 Å². The molecule has 0 aromatic carbocycles. The summed E-state index contributed by atoms with van der Waals surface area (Å²) in [4.78, 5) is 4.08. The second kappa shape index (κ2) is 5.66. The highest BCUT2D eigenvalue weighted by Gasteiger charge is 2.39. The molecule has 0 saturated heterocycles. The quantitative estimate of drug-likeness (QED) is 0.917. The van der Waals surface area contributed by atoms with Crippen molar-refractivity contribution in [2.75, 3.05) is 0 Å². The molecular weight excluding hydrogens is 273 g/mol. The van der Waals surface area contributed by atoms with Crippen molar-refractivity contribution < 1.29 is 18.3 Å². The summed E-state index contributed by atoms with van der Waals surface area (Å²) in [6, 6.07) is 1.25. The predicted octanol–water partition coefficient (Wildman–Crippen LogP) is 2.13. The van der Waals surface area contributed by atoms with Gasteiger partial charge in [-0.25, -0.2) is 9.67 Å². The Hall–Kier alpha value is -1.83. The zero-order valence-electron chi connectivity index (χ0n) is 10.9. The topological polar surface area (TPSA) is 55.9 Å². The van der Waals surface area contributed by atoms with Crippen LogP contribution in [0.5, 0.6) is 0 Å². The lowest BCUT2D eigenvalue weighted by molar-refractivity contribution is -0.206. The minimum Gasteiger partial charge on any atom is -0.379 e. The molecule has 0 spiro atoms. The van der Waals surface area contributed by atoms with Crippen molar-refractivity contribution in [1.29, 1.82) is 0 Å². The van der Waals surface area contributed by atoms with Crippen LogP contribution in [0.2, 0.25) is 0 Å². The largest absolute Gasteiger partial charge is 0.418 e. The van der Waals surface area contributed by atoms with Crippen LogP contribution in [0.15, 0.2) is 24.8 Å². The third-order valence-electron chi connectivity index (χ3n) is 2.85. The van der Waals surface area contributed by atoms with Gasteiger partial charge in [-0.15, -0.1) is 0 Å². The van der Waals surface area contributed by atoms with E-state index >= 15 is 0 Å². The predicted molar refractivity (Wildman–Crippen MR) is 64.9 cm³/mol. The summed E-state index contributed by atoms with van der Waals surface area (Å²) in [7, 11) is 0. The van der Waals surface area contributed by atoms with Gasteiger partial charge in [0.15, 0.2) is 6.10 Å². The molecule has 0 bridgehead atoms. The van der Waals surface area contributed by atoms with Crippen LogP contribution in [-0.2, 0) is 13.1 Å². The fraction of sp³-hybridized carbons (Fsp3) is 0.500. The van der Waals surface area contributed by atoms with Crippen LogP contribution in [0.3, 0.4) is 0 Å². The Morgan fingerprint density at radius 2 is 2.15 bits per heavy atom. The molecule has 5 nitrogen and oxygen atoms in total. The van der Waals surface area contributed by atoms with E-state index in [1.54, 1.807) is 9.25 Å². The summed E-state index contributed by atoms with van der Waals surface area (Å²) < 4.78 is 40.5. The molecule has 2 rings (SSSR count). The van der Waals surface area contributed by atoms with Crippen molar-refractivity contribution in [2.24, 2.45) is 0 Å². The maximum atomic E-state index is 12.4. The van der Waals surface area contributed by atoms with Crippen LogP contribution >= 0.6 is 0 Å². The minimum atomic E-state index is -4.66. The summed E-state index contributed by atoms with van der Waals surface area (Å²) in [6.45, 7) is 3.01. The van der Waals surface area contributed by atoms with Crippen molar-refractivity contribution in [3.05, 3.63) is 36.2 Å². The smallest absolute Gasteiger partial charge is 0.379 e. The van der Waals surface area contributed by atoms with E-state index in [1.807, 2.05) is 6.92 Å². The van der Waals surface area contributed by atoms with Gasteiger partial charge in [-0.2, -0.15) is 18.3 Å². The molecule has 1 atom stereocenters. The van der Waals surface area contributed by atoms with Gasteiger partial charge in [-0.3, -0.25) is 0 Å². The Morgan fingerprint density at radius 1 is 1.40 bits per heavy atom. The molecule has 2 aromatic rings. The first kappa shape index (κ1) is 14.6. The number of alkyl halides is 3. The lowest BCUT2D eigenvalue weighted by atomic mass is 10.2. The average molecular weight is 288 g/mol. The Kier molecular flexibility index (Phi) is 4.12. The van der Waals surface area contributed by atoms with Crippen LogP contribution < -0.4 is 0 Å². The van der Waals surface area contributed by atoms with Crippen LogP contribution in [0.4, 0.5) is 13.2 Å². The first-order chi connectivity index (χ1) is 9.41. The highest BCUT2D eigenvalue weighted by Crippen LogP contribution is 2.32. The zero-order valence-corrected chi connectivity index (χ0v) is 10.9. The molecule has 2 aromatic heterocycles. The summed E-state index contributed by atoms with van der Waals surface area (Å²) in [5, 5.41) is 13.2. The normalized spacial score (nSPS) is 13.7. The minimum absolute atomic E-state index is 0.181. The van der Waals surface area contributed by atoms with E-state index in [9.17, 15) is 13.2 Å². The Balaban J connectivity index is 2.12. The molecule has 0 amide bonds. The second-order valence-electron chi connectivity index (χ2n) is 4.46. The fourth-order valence-corrected chi connectivity index (χ4v) is 1.88. The van der Waals surface area contributed by atoms with Gasteiger partial charge in [0.05, 0.1) is 6.54 Å². The number of rotatable bonds is 5. The third-order valence-corrected chi connectivity index (χ3v) is 2.85. The number of aliphatic hydroxyl groups excluding tert-OH is 1. The number of halogens is 3. The van der Waals surface area contributed by atoms with Crippen LogP contribution in [0, 0.1) is 0 Å². The molecule has 0 fully saturated rings. The zero-order chi connectivity index (χ0) is 14.8. The molecule has 8 heteroatoms. The Labute approximate surface area is 113 Å². The number of hydrogen-bond acceptors (Lipinski definition) is 3. The van der Waals surface area contributed by atoms with Gasteiger partial charge in [0.2, 0.25) is 0 Å². The van der Waals surface area contributed by atoms with Crippen molar-refractivity contribution in [3.8, 4) is 0 Å². The fourth-order valence-electron chi connectivity index (χ4n) is 1.88. The molecule has 1 unspecified atom stereocenters. The van der Waals surface area contributed by atoms with Gasteiger partial charge in [0, 0.05) is 24.5 Å². The van der Waals surface area contributed by atoms with Crippen molar-refractivity contribution in [3.63, 3.8) is 0 Å². The van der Waals surface area contributed by atoms with E-state index in [0.717, 1.165) is 6.42 Å². The van der Waals surface area contributed by atoms with Gasteiger partial charge in [-0.1, -0.05) is 6.92 Å². The van der Waals surface area contributed by atoms with Crippen molar-refractivity contribution >= 4 is 0 Å². The van der Waals surface area contributed by atoms with E-state index in [0.29, 0.717) is 18.9 Å². The van der Waals surface area contributed by atoms with Crippen molar-refractivity contribution in [2.45, 2.75) is 38.7 Å². The molecule has 0 aliphatic heterocycles. The summed E-state index contributed by atoms with van der Waals surface area (Å²) in [5.41, 5.74) is -0.181. The summed E-state index contributed by atoms with van der Waals surface area (Å²) in [6.07, 6.45) is -2.07. The van der Waals surface area contributed by atoms with Crippen LogP contribution in [0.1, 0.15) is 30.8 Å². The molecule has 0 aliphatic carbocycles. The monoisotopic (exact) mass is 288 g/mol. The number of hydrogen-bond donors (Lipinski definition) is 1. The number of nitrogens with zero attached hydrogens (tertiary/aromatic N) is 4. The number of aliphatic hydroxyl groups is 1. The van der Waals surface area contributed by atoms with Crippen LogP contribution in [-0.4, -0.2) is 30.6 Å². The second-order valence-corrected chi connectivity index (χ2v) is 4.46. The molecule has 1 N–H and O–H groups in total. The number of aromatic nitrogens is 4. The molecule has 0 saturated carbocycles. The Morgan fingerprint density at radius 3 is 2.80 bits per heavy atom. The molecule has 0 aliphatic rings. The lowest BCUT2D eigenvalue weighted by Gasteiger charge is -2.12. The first-order valence-corrected chi connectivity index (χ1v) is 6.19. The summed E-state index contributed by atoms with van der Waals surface area (Å²) >= 11 is 0. The molecule has 20 heavy (non-hydrogen) atoms. The molecule has 2 heterocycles. The summed E-state index contributed by atoms with van der Waals surface area (Å²) in [5.74, 6) is 0.662. The van der Waals surface area contributed by atoms with E-state index < -0.39 is 12.3 Å². The van der Waals surface area contributed by atoms with Gasteiger partial charge < -0.3 is 9.67 Å². The SMILES string of the molecule is CCCn1ncnc1Cn1ccc(C(O)C(F)(F)F)c1. The van der Waals surface area contributed by atoms with E-state index in [2.05, 4.69) is 10.1 Å². The van der Waals surface area contributed by atoms with Gasteiger partial charge in [-0.05, 0) is 12.5 Å². The maximum absolute atomic E-state index is 12.4. The average Bonchev–Trinajstić information content (AvgIpc) is 2.98. The highest BCUT2D eigenvalue weighted by molar-refractivity contribution is 5.15. The lowest BCUT2D eigenvalue weighted by Crippen LogP contribution is -2.19. The van der Waals surface area contributed by atoms with Crippen LogP contribution in [0.25, 0.3) is 0 Å².